The molecule has 392 valence electrons. The Kier molecular flexibility index (Phi) is 18.7. The van der Waals surface area contributed by atoms with E-state index in [9.17, 15) is 33.6 Å². The second-order valence-corrected chi connectivity index (χ2v) is 19.0. The van der Waals surface area contributed by atoms with Crippen LogP contribution >= 0.6 is 23.2 Å². The molecular formula is C52H57Cl2N13O8. The number of nitrogens with one attached hydrogen (secondary N) is 5. The van der Waals surface area contributed by atoms with E-state index in [0.29, 0.717) is 74.7 Å². The maximum absolute atomic E-state index is 14.1. The molecule has 0 aliphatic carbocycles. The molecule has 75 heavy (non-hydrogen) atoms. The van der Waals surface area contributed by atoms with Crippen molar-refractivity contribution in [1.82, 2.24) is 55.3 Å². The number of rotatable bonds is 24. The number of unbranched alkanes of at least 4 members (excludes halogenated alkanes) is 2. The minimum Gasteiger partial charge on any atom is -0.445 e. The summed E-state index contributed by atoms with van der Waals surface area (Å²) in [7, 11) is 0. The number of urea groups is 1. The molecule has 0 spiro atoms. The van der Waals surface area contributed by atoms with Crippen molar-refractivity contribution >= 4 is 76.2 Å². The summed E-state index contributed by atoms with van der Waals surface area (Å²) in [5, 5.41) is 16.0. The van der Waals surface area contributed by atoms with Crippen molar-refractivity contribution in [2.45, 2.75) is 91.1 Å². The number of aromatic amines is 1. The molecule has 2 aromatic carbocycles. The van der Waals surface area contributed by atoms with Crippen LogP contribution in [-0.2, 0) is 48.4 Å². The van der Waals surface area contributed by atoms with Crippen molar-refractivity contribution in [3.63, 3.8) is 0 Å². The molecule has 8 amide bonds. The van der Waals surface area contributed by atoms with E-state index in [4.69, 9.17) is 43.6 Å². The topological polar surface area (TPSA) is 281 Å². The van der Waals surface area contributed by atoms with Gasteiger partial charge in [-0.2, -0.15) is 5.10 Å². The normalized spacial score (nSPS) is 13.0. The Morgan fingerprint density at radius 2 is 1.64 bits per heavy atom. The van der Waals surface area contributed by atoms with Gasteiger partial charge in [-0.15, -0.1) is 0 Å². The zero-order valence-electron chi connectivity index (χ0n) is 41.5. The van der Waals surface area contributed by atoms with Crippen molar-refractivity contribution in [3.8, 4) is 22.6 Å². The van der Waals surface area contributed by atoms with Crippen LogP contribution in [0.25, 0.3) is 28.3 Å². The number of fused-ring (bicyclic) bond motifs is 1. The fourth-order valence-corrected chi connectivity index (χ4v) is 8.50. The van der Waals surface area contributed by atoms with Gasteiger partial charge < -0.3 is 36.7 Å². The highest BCUT2D eigenvalue weighted by Gasteiger charge is 2.30. The fourth-order valence-electron chi connectivity index (χ4n) is 8.13. The lowest BCUT2D eigenvalue weighted by atomic mass is 10.0. The SMILES string of the molecule is Cc1cccc(-c2[nH]c(CN(Cc3cc(Cl)ccc3Cl)C(=O)OCc3ccc(NC(=O)[C@H](CCCNC(N)=O)NC(=O)C(NC(=O)CCCCCN4C(=O)C=CC4=O)C(C)C)cc3)nc2-c2ccc3ncnn3c2)n1. The molecule has 2 atom stereocenters. The van der Waals surface area contributed by atoms with Crippen molar-refractivity contribution in [1.29, 1.82) is 0 Å². The van der Waals surface area contributed by atoms with Gasteiger partial charge in [-0.25, -0.2) is 24.1 Å². The highest BCUT2D eigenvalue weighted by atomic mass is 35.5. The number of ether oxygens (including phenoxy) is 1. The molecule has 23 heteroatoms. The molecule has 0 fully saturated rings. The number of carbonyl (C=O) groups excluding carboxylic acids is 7. The maximum Gasteiger partial charge on any atom is 0.410 e. The first-order valence-corrected chi connectivity index (χ1v) is 25.0. The molecule has 7 rings (SSSR count). The smallest absolute Gasteiger partial charge is 0.410 e. The highest BCUT2D eigenvalue weighted by molar-refractivity contribution is 6.33. The summed E-state index contributed by atoms with van der Waals surface area (Å²) in [6.45, 7) is 5.62. The third kappa shape index (κ3) is 15.2. The number of hydrogen-bond acceptors (Lipinski definition) is 12. The van der Waals surface area contributed by atoms with Gasteiger partial charge in [-0.1, -0.05) is 61.7 Å². The number of carbonyl (C=O) groups is 7. The van der Waals surface area contributed by atoms with Gasteiger partial charge in [0.2, 0.25) is 17.7 Å². The van der Waals surface area contributed by atoms with Gasteiger partial charge >= 0.3 is 12.1 Å². The Hall–Kier alpha value is -8.17. The number of nitrogens with two attached hydrogens (primary N) is 1. The number of imidazole rings is 1. The number of aryl methyl sites for hydroxylation is 1. The molecule has 7 N–H and O–H groups in total. The van der Waals surface area contributed by atoms with Crippen LogP contribution in [0.1, 0.15) is 75.0 Å². The first-order chi connectivity index (χ1) is 36.0. The van der Waals surface area contributed by atoms with E-state index in [1.165, 1.54) is 23.4 Å². The maximum atomic E-state index is 14.1. The second kappa shape index (κ2) is 25.7. The minimum absolute atomic E-state index is 0.00979. The second-order valence-electron chi connectivity index (χ2n) is 18.1. The van der Waals surface area contributed by atoms with Gasteiger partial charge in [-0.3, -0.25) is 38.8 Å². The lowest BCUT2D eigenvalue weighted by Gasteiger charge is -2.25. The quantitative estimate of drug-likeness (QED) is 0.0275. The largest absolute Gasteiger partial charge is 0.445 e. The first-order valence-electron chi connectivity index (χ1n) is 24.3. The van der Waals surface area contributed by atoms with E-state index in [0.717, 1.165) is 16.2 Å². The van der Waals surface area contributed by atoms with E-state index < -0.39 is 36.0 Å². The Morgan fingerprint density at radius 3 is 2.37 bits per heavy atom. The van der Waals surface area contributed by atoms with Crippen LogP contribution in [0.2, 0.25) is 10.0 Å². The van der Waals surface area contributed by atoms with Crippen molar-refractivity contribution in [2.24, 2.45) is 11.7 Å². The third-order valence-electron chi connectivity index (χ3n) is 12.0. The van der Waals surface area contributed by atoms with Crippen LogP contribution in [0, 0.1) is 12.8 Å². The predicted molar refractivity (Wildman–Crippen MR) is 279 cm³/mol. The lowest BCUT2D eigenvalue weighted by Crippen LogP contribution is -2.54. The van der Waals surface area contributed by atoms with E-state index in [2.05, 4.69) is 36.3 Å². The molecule has 0 radical (unpaired) electrons. The summed E-state index contributed by atoms with van der Waals surface area (Å²) in [5.74, 6) is -2.15. The average molecular weight is 1060 g/mol. The van der Waals surface area contributed by atoms with E-state index >= 15 is 0 Å². The van der Waals surface area contributed by atoms with Crippen molar-refractivity contribution < 1.29 is 38.3 Å². The number of H-pyrrole nitrogens is 1. The van der Waals surface area contributed by atoms with Crippen LogP contribution in [0.3, 0.4) is 0 Å². The van der Waals surface area contributed by atoms with E-state index in [1.807, 2.05) is 43.5 Å². The van der Waals surface area contributed by atoms with Gasteiger partial charge in [0.1, 0.15) is 30.8 Å². The molecule has 1 aliphatic rings. The zero-order chi connectivity index (χ0) is 53.6. The monoisotopic (exact) mass is 1060 g/mol. The van der Waals surface area contributed by atoms with Gasteiger partial charge in [0.25, 0.3) is 11.8 Å². The van der Waals surface area contributed by atoms with Crippen LogP contribution in [0.5, 0.6) is 0 Å². The first kappa shape index (κ1) is 54.6. The number of amides is 8. The van der Waals surface area contributed by atoms with Crippen LogP contribution in [0.15, 0.2) is 97.5 Å². The molecule has 0 saturated heterocycles. The fraction of sp³-hybridized carbons (Fsp3) is 0.327. The highest BCUT2D eigenvalue weighted by Crippen LogP contribution is 2.31. The predicted octanol–water partition coefficient (Wildman–Crippen LogP) is 6.63. The molecule has 0 saturated carbocycles. The zero-order valence-corrected chi connectivity index (χ0v) is 43.0. The number of halogens is 2. The Labute approximate surface area is 442 Å². The number of nitrogens with zero attached hydrogens (tertiary/aromatic N) is 7. The summed E-state index contributed by atoms with van der Waals surface area (Å²) >= 11 is 13.0. The van der Waals surface area contributed by atoms with Gasteiger partial charge in [-0.05, 0) is 104 Å². The molecule has 4 aromatic heterocycles. The van der Waals surface area contributed by atoms with E-state index in [-0.39, 0.29) is 75.7 Å². The number of pyridine rings is 2. The number of primary amides is 1. The molecule has 5 heterocycles. The van der Waals surface area contributed by atoms with Gasteiger partial charge in [0.15, 0.2) is 5.65 Å². The van der Waals surface area contributed by atoms with Crippen LogP contribution < -0.4 is 27.0 Å². The van der Waals surface area contributed by atoms with Gasteiger partial charge in [0.05, 0.1) is 30.2 Å². The average Bonchev–Trinajstić information content (AvgIpc) is 4.12. The number of anilines is 1. The summed E-state index contributed by atoms with van der Waals surface area (Å²) in [6.07, 6.45) is 7.08. The Balaban J connectivity index is 0.997. The molecule has 0 bridgehead atoms. The molecule has 1 aliphatic heterocycles. The standard InChI is InChI=1S/C52H57Cl2N13O8/c1-31(2)46(64-43(68)12-5-4-6-24-66-44(69)21-22-45(66)70)50(72)61-40(11-8-23-56-51(55)73)49(71)60-37-17-13-33(14-18-37)29-75-52(74)65(26-35-25-36(53)16-19-38(35)54)28-41-62-47(34-15-20-42-57-30-58-67(42)27-34)48(63-41)39-10-7-9-32(3)59-39/h7,9-10,13-22,25,27,30-31,40,46H,4-6,8,11-12,23-24,26,28-29H2,1-3H3,(H,60,71)(H,61,72)(H,62,63)(H,64,68)(H3,55,56,73)/t40-,46?/m0/s1. The lowest BCUT2D eigenvalue weighted by molar-refractivity contribution is -0.137. The van der Waals surface area contributed by atoms with E-state index in [1.54, 1.807) is 60.8 Å². The number of imide groups is 1. The Morgan fingerprint density at radius 1 is 0.867 bits per heavy atom. The van der Waals surface area contributed by atoms with Crippen LogP contribution in [0.4, 0.5) is 15.3 Å². The molecule has 6 aromatic rings. The minimum atomic E-state index is -1.08. The van der Waals surface area contributed by atoms with Crippen molar-refractivity contribution in [2.75, 3.05) is 18.4 Å². The summed E-state index contributed by atoms with van der Waals surface area (Å²) in [6, 6.07) is 18.1. The van der Waals surface area contributed by atoms with Crippen molar-refractivity contribution in [3.05, 3.63) is 130 Å². The third-order valence-corrected chi connectivity index (χ3v) is 12.7. The van der Waals surface area contributed by atoms with Gasteiger partial charge in [0, 0.05) is 64.8 Å². The molecular weight excluding hydrogens is 1010 g/mol. The molecule has 1 unspecified atom stereocenters. The summed E-state index contributed by atoms with van der Waals surface area (Å²) < 4.78 is 7.52. The van der Waals surface area contributed by atoms with Crippen LogP contribution in [-0.4, -0.2) is 106 Å². The Bertz CT molecular complexity index is 3070. The number of benzene rings is 2. The number of hydrogen-bond donors (Lipinski definition) is 6. The number of aromatic nitrogens is 6. The summed E-state index contributed by atoms with van der Waals surface area (Å²) in [4.78, 5) is 109. The molecule has 21 nitrogen and oxygen atoms in total. The summed E-state index contributed by atoms with van der Waals surface area (Å²) in [5.41, 5.74) is 10.8.